The van der Waals surface area contributed by atoms with E-state index in [9.17, 15) is 4.79 Å². The number of hydrogen-bond acceptors (Lipinski definition) is 6. The quantitative estimate of drug-likeness (QED) is 0.757. The second-order valence-electron chi connectivity index (χ2n) is 4.24. The van der Waals surface area contributed by atoms with Gasteiger partial charge < -0.3 is 19.8 Å². The molecule has 1 aromatic heterocycles. The van der Waals surface area contributed by atoms with Crippen molar-refractivity contribution in [2.75, 3.05) is 20.3 Å². The number of ether oxygens (including phenoxy) is 1. The predicted molar refractivity (Wildman–Crippen MR) is 60.4 cm³/mol. The van der Waals surface area contributed by atoms with Gasteiger partial charge in [0.05, 0.1) is 18.3 Å². The minimum Gasteiger partial charge on any atom is -0.441 e. The van der Waals surface area contributed by atoms with E-state index >= 15 is 0 Å². The van der Waals surface area contributed by atoms with Gasteiger partial charge in [-0.1, -0.05) is 0 Å². The molecular formula is C11H14N4O3. The molecule has 1 saturated heterocycles. The average molecular weight is 250 g/mol. The van der Waals surface area contributed by atoms with Crippen molar-refractivity contribution < 1.29 is 13.9 Å². The molecule has 2 N–H and O–H groups in total. The minimum atomic E-state index is -0.690. The summed E-state index contributed by atoms with van der Waals surface area (Å²) in [5.74, 6) is -0.727. The Kier molecular flexibility index (Phi) is 3.48. The smallest absolute Gasteiger partial charge is 0.304 e. The standard InChI is InChI=1S/C11H14N4O3/c1-17-4-8-2-7(3-15(8)6-12)9-5-18-11(14-9)10(13)16/h5,7-8H,2-4H2,1H3,(H2,13,16)/t7-,8?/m0/s1. The third kappa shape index (κ3) is 2.28. The number of oxazole rings is 1. The summed E-state index contributed by atoms with van der Waals surface area (Å²) < 4.78 is 10.1. The van der Waals surface area contributed by atoms with Crippen LogP contribution in [0.15, 0.2) is 10.7 Å². The zero-order chi connectivity index (χ0) is 13.1. The lowest BCUT2D eigenvalue weighted by Crippen LogP contribution is -2.28. The summed E-state index contributed by atoms with van der Waals surface area (Å²) >= 11 is 0. The molecule has 1 amide bonds. The summed E-state index contributed by atoms with van der Waals surface area (Å²) in [6.45, 7) is 1.04. The fraction of sp³-hybridized carbons (Fsp3) is 0.545. The first-order valence-electron chi connectivity index (χ1n) is 5.56. The maximum atomic E-state index is 10.9. The SMILES string of the molecule is COCC1C[C@H](c2coc(C(N)=O)n2)CN1C#N. The molecule has 1 aromatic rings. The van der Waals surface area contributed by atoms with Crippen LogP contribution in [0, 0.1) is 11.5 Å². The Bertz CT molecular complexity index is 479. The molecule has 0 aromatic carbocycles. The molecular weight excluding hydrogens is 236 g/mol. The number of amides is 1. The molecule has 0 spiro atoms. The van der Waals surface area contributed by atoms with Crippen LogP contribution in [0.25, 0.3) is 0 Å². The maximum Gasteiger partial charge on any atom is 0.304 e. The van der Waals surface area contributed by atoms with E-state index in [0.717, 1.165) is 6.42 Å². The molecule has 0 radical (unpaired) electrons. The van der Waals surface area contributed by atoms with Gasteiger partial charge in [-0.05, 0) is 6.42 Å². The third-order valence-electron chi connectivity index (χ3n) is 3.05. The molecule has 18 heavy (non-hydrogen) atoms. The Hall–Kier alpha value is -2.07. The van der Waals surface area contributed by atoms with Crippen LogP contribution in [0.5, 0.6) is 0 Å². The fourth-order valence-corrected chi connectivity index (χ4v) is 2.19. The van der Waals surface area contributed by atoms with Crippen molar-refractivity contribution in [1.29, 1.82) is 5.26 Å². The lowest BCUT2D eigenvalue weighted by atomic mass is 10.0. The summed E-state index contributed by atoms with van der Waals surface area (Å²) in [5, 5.41) is 9.02. The monoisotopic (exact) mass is 250 g/mol. The van der Waals surface area contributed by atoms with Gasteiger partial charge in [-0.25, -0.2) is 4.98 Å². The van der Waals surface area contributed by atoms with Gasteiger partial charge >= 0.3 is 5.91 Å². The Morgan fingerprint density at radius 1 is 1.83 bits per heavy atom. The molecule has 0 bridgehead atoms. The molecule has 96 valence electrons. The number of nitriles is 1. The molecule has 0 saturated carbocycles. The molecule has 1 aliphatic heterocycles. The van der Waals surface area contributed by atoms with Gasteiger partial charge in [0.1, 0.15) is 6.26 Å². The van der Waals surface area contributed by atoms with E-state index in [4.69, 9.17) is 20.1 Å². The number of rotatable bonds is 4. The highest BCUT2D eigenvalue weighted by atomic mass is 16.5. The van der Waals surface area contributed by atoms with E-state index in [1.807, 2.05) is 0 Å². The van der Waals surface area contributed by atoms with Crippen molar-refractivity contribution >= 4 is 5.91 Å². The Morgan fingerprint density at radius 3 is 3.17 bits per heavy atom. The van der Waals surface area contributed by atoms with Crippen LogP contribution >= 0.6 is 0 Å². The largest absolute Gasteiger partial charge is 0.441 e. The van der Waals surface area contributed by atoms with Crippen molar-refractivity contribution in [2.24, 2.45) is 5.73 Å². The van der Waals surface area contributed by atoms with E-state index < -0.39 is 5.91 Å². The number of hydrogen-bond donors (Lipinski definition) is 1. The number of methoxy groups -OCH3 is 1. The fourth-order valence-electron chi connectivity index (χ4n) is 2.19. The van der Waals surface area contributed by atoms with Gasteiger partial charge in [0.15, 0.2) is 6.19 Å². The Balaban J connectivity index is 2.10. The van der Waals surface area contributed by atoms with Crippen molar-refractivity contribution in [3.8, 4) is 6.19 Å². The normalized spacial score (nSPS) is 23.0. The van der Waals surface area contributed by atoms with Crippen molar-refractivity contribution in [1.82, 2.24) is 9.88 Å². The molecule has 1 fully saturated rings. The third-order valence-corrected chi connectivity index (χ3v) is 3.05. The second kappa shape index (κ2) is 5.06. The van der Waals surface area contributed by atoms with Crippen molar-refractivity contribution in [2.45, 2.75) is 18.4 Å². The van der Waals surface area contributed by atoms with Crippen molar-refractivity contribution in [3.63, 3.8) is 0 Å². The van der Waals surface area contributed by atoms with Crippen molar-refractivity contribution in [3.05, 3.63) is 17.8 Å². The van der Waals surface area contributed by atoms with Crippen LogP contribution in [0.4, 0.5) is 0 Å². The van der Waals surface area contributed by atoms with Gasteiger partial charge in [-0.3, -0.25) is 4.79 Å². The molecule has 2 heterocycles. The van der Waals surface area contributed by atoms with E-state index in [2.05, 4.69) is 11.2 Å². The van der Waals surface area contributed by atoms with Gasteiger partial charge in [-0.2, -0.15) is 5.26 Å². The second-order valence-corrected chi connectivity index (χ2v) is 4.24. The first-order chi connectivity index (χ1) is 8.65. The highest BCUT2D eigenvalue weighted by Gasteiger charge is 2.34. The summed E-state index contributed by atoms with van der Waals surface area (Å²) in [6.07, 6.45) is 4.30. The number of primary amides is 1. The van der Waals surface area contributed by atoms with Crippen LogP contribution in [-0.4, -0.2) is 42.1 Å². The van der Waals surface area contributed by atoms with E-state index in [1.165, 1.54) is 6.26 Å². The topological polar surface area (TPSA) is 105 Å². The molecule has 2 rings (SSSR count). The van der Waals surface area contributed by atoms with Crippen LogP contribution in [-0.2, 0) is 4.74 Å². The predicted octanol–water partition coefficient (Wildman–Crippen LogP) is 0.0589. The van der Waals surface area contributed by atoms with Crippen LogP contribution in [0.3, 0.4) is 0 Å². The van der Waals surface area contributed by atoms with E-state index in [-0.39, 0.29) is 17.9 Å². The summed E-state index contributed by atoms with van der Waals surface area (Å²) in [6, 6.07) is 0.0405. The first-order valence-corrected chi connectivity index (χ1v) is 5.56. The van der Waals surface area contributed by atoms with Gasteiger partial charge in [-0.15, -0.1) is 0 Å². The van der Waals surface area contributed by atoms with Gasteiger partial charge in [0.2, 0.25) is 0 Å². The van der Waals surface area contributed by atoms with E-state index in [0.29, 0.717) is 18.8 Å². The lowest BCUT2D eigenvalue weighted by molar-refractivity contribution is 0.0967. The molecule has 2 atom stereocenters. The lowest BCUT2D eigenvalue weighted by Gasteiger charge is -2.16. The summed E-state index contributed by atoms with van der Waals surface area (Å²) in [7, 11) is 1.60. The number of carbonyl (C=O) groups excluding carboxylic acids is 1. The Labute approximate surface area is 104 Å². The summed E-state index contributed by atoms with van der Waals surface area (Å²) in [4.78, 5) is 16.6. The molecule has 1 unspecified atom stereocenters. The Morgan fingerprint density at radius 2 is 2.61 bits per heavy atom. The number of nitrogens with two attached hydrogens (primary N) is 1. The molecule has 7 nitrogen and oxygen atoms in total. The molecule has 0 aliphatic carbocycles. The van der Waals surface area contributed by atoms with Crippen LogP contribution in [0.2, 0.25) is 0 Å². The van der Waals surface area contributed by atoms with Gasteiger partial charge in [0.25, 0.3) is 5.89 Å². The van der Waals surface area contributed by atoms with Crippen LogP contribution in [0.1, 0.15) is 28.7 Å². The number of aromatic nitrogens is 1. The summed E-state index contributed by atoms with van der Waals surface area (Å²) in [5.41, 5.74) is 5.73. The van der Waals surface area contributed by atoms with Crippen LogP contribution < -0.4 is 5.73 Å². The first kappa shape index (κ1) is 12.4. The van der Waals surface area contributed by atoms with E-state index in [1.54, 1.807) is 12.0 Å². The zero-order valence-electron chi connectivity index (χ0n) is 10.00. The molecule has 1 aliphatic rings. The highest BCUT2D eigenvalue weighted by Crippen LogP contribution is 2.30. The number of likely N-dealkylation sites (tertiary alicyclic amines) is 1. The van der Waals surface area contributed by atoms with Gasteiger partial charge in [0, 0.05) is 19.6 Å². The highest BCUT2D eigenvalue weighted by molar-refractivity contribution is 5.87. The zero-order valence-corrected chi connectivity index (χ0v) is 10.00. The minimum absolute atomic E-state index is 0.0405. The number of carbonyl (C=O) groups is 1. The maximum absolute atomic E-state index is 10.9. The average Bonchev–Trinajstić information content (AvgIpc) is 2.94. The number of nitrogens with zero attached hydrogens (tertiary/aromatic N) is 3. The molecule has 7 heteroatoms.